The molecule has 30 heavy (non-hydrogen) atoms. The van der Waals surface area contributed by atoms with Gasteiger partial charge in [-0.15, -0.1) is 11.6 Å². The van der Waals surface area contributed by atoms with E-state index in [0.717, 1.165) is 11.1 Å². The van der Waals surface area contributed by atoms with E-state index in [4.69, 9.17) is 16.3 Å². The first-order chi connectivity index (χ1) is 14.3. The summed E-state index contributed by atoms with van der Waals surface area (Å²) in [6.45, 7) is 1.70. The van der Waals surface area contributed by atoms with Crippen LogP contribution in [0.15, 0.2) is 27.5 Å². The summed E-state index contributed by atoms with van der Waals surface area (Å²) in [7, 11) is 0. The molecule has 154 valence electrons. The van der Waals surface area contributed by atoms with Gasteiger partial charge in [-0.2, -0.15) is 0 Å². The molecule has 0 spiro atoms. The molecule has 0 bridgehead atoms. The maximum absolute atomic E-state index is 14.2. The fourth-order valence-electron chi connectivity index (χ4n) is 4.31. The van der Waals surface area contributed by atoms with Crippen LogP contribution in [-0.4, -0.2) is 20.6 Å². The van der Waals surface area contributed by atoms with Gasteiger partial charge >= 0.3 is 5.97 Å². The van der Waals surface area contributed by atoms with Crippen molar-refractivity contribution in [1.29, 1.82) is 0 Å². The van der Waals surface area contributed by atoms with Crippen molar-refractivity contribution < 1.29 is 19.0 Å². The number of rotatable bonds is 2. The van der Waals surface area contributed by atoms with Crippen LogP contribution in [0.4, 0.5) is 4.39 Å². The fraction of sp³-hybridized carbons (Fsp3) is 0.286. The second-order valence-electron chi connectivity index (χ2n) is 7.44. The maximum atomic E-state index is 14.2. The Kier molecular flexibility index (Phi) is 4.33. The zero-order valence-corrected chi connectivity index (χ0v) is 18.1. The van der Waals surface area contributed by atoms with Crippen LogP contribution in [0.3, 0.4) is 0 Å². The van der Waals surface area contributed by atoms with Gasteiger partial charge in [0.15, 0.2) is 5.60 Å². The Balaban J connectivity index is 1.84. The molecule has 9 heteroatoms. The van der Waals surface area contributed by atoms with Gasteiger partial charge in [0.1, 0.15) is 12.4 Å². The minimum atomic E-state index is -1.89. The van der Waals surface area contributed by atoms with Gasteiger partial charge < -0.3 is 14.4 Å². The van der Waals surface area contributed by atoms with Crippen LogP contribution in [0.2, 0.25) is 0 Å². The highest BCUT2D eigenvalue weighted by Gasteiger charge is 2.45. The largest absolute Gasteiger partial charge is 0.458 e. The van der Waals surface area contributed by atoms with Crippen LogP contribution < -0.4 is 5.56 Å². The Morgan fingerprint density at radius 2 is 2.10 bits per heavy atom. The normalized spacial score (nSPS) is 19.4. The lowest BCUT2D eigenvalue weighted by molar-refractivity contribution is -0.172. The summed E-state index contributed by atoms with van der Waals surface area (Å²) in [5.74, 6) is -1.08. The molecule has 2 aliphatic heterocycles. The van der Waals surface area contributed by atoms with Gasteiger partial charge in [0.2, 0.25) is 0 Å². The van der Waals surface area contributed by atoms with Crippen LogP contribution in [0.1, 0.15) is 35.6 Å². The van der Waals surface area contributed by atoms with Crippen molar-refractivity contribution in [2.24, 2.45) is 0 Å². The summed E-state index contributed by atoms with van der Waals surface area (Å²) >= 11 is 9.45. The van der Waals surface area contributed by atoms with Crippen molar-refractivity contribution in [3.8, 4) is 11.4 Å². The van der Waals surface area contributed by atoms with Crippen LogP contribution in [0, 0.1) is 5.82 Å². The maximum Gasteiger partial charge on any atom is 0.343 e. The number of aliphatic hydroxyl groups is 1. The van der Waals surface area contributed by atoms with Crippen molar-refractivity contribution in [2.45, 2.75) is 38.0 Å². The molecular weight excluding hydrogens is 479 g/mol. The molecule has 3 aromatic rings. The van der Waals surface area contributed by atoms with E-state index >= 15 is 0 Å². The third-order valence-corrected chi connectivity index (χ3v) is 6.86. The lowest BCUT2D eigenvalue weighted by Gasteiger charge is -2.31. The van der Waals surface area contributed by atoms with Crippen LogP contribution in [0.5, 0.6) is 0 Å². The Labute approximate surface area is 183 Å². The highest BCUT2D eigenvalue weighted by atomic mass is 79.9. The number of alkyl halides is 1. The molecule has 5 rings (SSSR count). The van der Waals surface area contributed by atoms with Gasteiger partial charge in [0.25, 0.3) is 5.56 Å². The molecule has 0 amide bonds. The molecule has 0 aliphatic carbocycles. The molecular formula is C21H15BrClFN2O4. The number of carbonyl (C=O) groups excluding carboxylic acids is 1. The number of carbonyl (C=O) groups is 1. The first-order valence-corrected chi connectivity index (χ1v) is 10.7. The highest BCUT2D eigenvalue weighted by molar-refractivity contribution is 9.10. The molecule has 1 atom stereocenters. The topological polar surface area (TPSA) is 81.4 Å². The van der Waals surface area contributed by atoms with E-state index in [2.05, 4.69) is 20.9 Å². The van der Waals surface area contributed by atoms with E-state index < -0.39 is 17.4 Å². The Morgan fingerprint density at radius 1 is 1.33 bits per heavy atom. The number of cyclic esters (lactones) is 1. The second kappa shape index (κ2) is 6.60. The first kappa shape index (κ1) is 19.7. The van der Waals surface area contributed by atoms with Gasteiger partial charge in [-0.1, -0.05) is 6.92 Å². The van der Waals surface area contributed by atoms with Crippen molar-refractivity contribution in [3.05, 3.63) is 61.1 Å². The standard InChI is InChI=1S/C21H15BrClFN2O4/c1-2-21(29)13-4-17-18-11(7-26(17)19(27)12(13)8-30-20(21)28)10(6-23)9-3-14(22)15(24)5-16(9)25-18/h3-5,29H,2,6-8H2,1H3/t21-/m0/s1. The van der Waals surface area contributed by atoms with E-state index in [1.54, 1.807) is 19.1 Å². The van der Waals surface area contributed by atoms with E-state index in [-0.39, 0.29) is 42.1 Å². The zero-order valence-electron chi connectivity index (χ0n) is 15.8. The predicted octanol–water partition coefficient (Wildman–Crippen LogP) is 3.72. The molecule has 1 N–H and O–H groups in total. The zero-order chi connectivity index (χ0) is 21.4. The molecule has 0 radical (unpaired) electrons. The number of ether oxygens (including phenoxy) is 1. The van der Waals surface area contributed by atoms with Gasteiger partial charge in [-0.3, -0.25) is 4.79 Å². The van der Waals surface area contributed by atoms with Crippen LogP contribution in [-0.2, 0) is 34.2 Å². The van der Waals surface area contributed by atoms with Crippen molar-refractivity contribution in [2.75, 3.05) is 0 Å². The Hall–Kier alpha value is -2.29. The smallest absolute Gasteiger partial charge is 0.343 e. The number of esters is 1. The average Bonchev–Trinajstić information content (AvgIpc) is 3.09. The molecule has 1 aromatic carbocycles. The number of halogens is 3. The number of nitrogens with zero attached hydrogens (tertiary/aromatic N) is 2. The molecule has 0 saturated heterocycles. The molecule has 0 saturated carbocycles. The minimum absolute atomic E-state index is 0.0614. The van der Waals surface area contributed by atoms with Gasteiger partial charge in [0, 0.05) is 28.5 Å². The quantitative estimate of drug-likeness (QED) is 0.340. The fourth-order valence-corrected chi connectivity index (χ4v) is 4.96. The second-order valence-corrected chi connectivity index (χ2v) is 8.56. The van der Waals surface area contributed by atoms with Gasteiger partial charge in [-0.25, -0.2) is 14.2 Å². The summed E-state index contributed by atoms with van der Waals surface area (Å²) in [5, 5.41) is 11.6. The number of fused-ring (bicyclic) bond motifs is 5. The monoisotopic (exact) mass is 492 g/mol. The lowest BCUT2D eigenvalue weighted by atomic mass is 9.86. The minimum Gasteiger partial charge on any atom is -0.458 e. The molecule has 6 nitrogen and oxygen atoms in total. The summed E-state index contributed by atoms with van der Waals surface area (Å²) in [6, 6.07) is 4.57. The van der Waals surface area contributed by atoms with Gasteiger partial charge in [0.05, 0.1) is 33.5 Å². The number of pyridine rings is 2. The van der Waals surface area contributed by atoms with E-state index in [9.17, 15) is 19.1 Å². The predicted molar refractivity (Wildman–Crippen MR) is 112 cm³/mol. The molecule has 2 aliphatic rings. The summed E-state index contributed by atoms with van der Waals surface area (Å²) < 4.78 is 21.1. The number of hydrogen-bond donors (Lipinski definition) is 1. The molecule has 4 heterocycles. The van der Waals surface area contributed by atoms with E-state index in [1.807, 2.05) is 0 Å². The highest BCUT2D eigenvalue weighted by Crippen LogP contribution is 2.41. The van der Waals surface area contributed by atoms with Gasteiger partial charge in [-0.05, 0) is 40.0 Å². The summed E-state index contributed by atoms with van der Waals surface area (Å²) in [4.78, 5) is 30.1. The SMILES string of the molecule is CC[C@@]1(O)C(=O)OCc2c1cc1n(c2=O)Cc2c-1nc1cc(F)c(Br)cc1c2CCl. The molecule has 0 unspecified atom stereocenters. The Bertz CT molecular complexity index is 1340. The molecule has 2 aromatic heterocycles. The van der Waals surface area contributed by atoms with Crippen molar-refractivity contribution in [1.82, 2.24) is 9.55 Å². The number of benzene rings is 1. The average molecular weight is 494 g/mol. The van der Waals surface area contributed by atoms with Crippen LogP contribution in [0.25, 0.3) is 22.3 Å². The first-order valence-electron chi connectivity index (χ1n) is 9.33. The Morgan fingerprint density at radius 3 is 2.80 bits per heavy atom. The van der Waals surface area contributed by atoms with E-state index in [0.29, 0.717) is 26.8 Å². The summed E-state index contributed by atoms with van der Waals surface area (Å²) in [5.41, 5.74) is 1.14. The third-order valence-electron chi connectivity index (χ3n) is 5.98. The lowest BCUT2D eigenvalue weighted by Crippen LogP contribution is -2.44. The third kappa shape index (κ3) is 2.47. The summed E-state index contributed by atoms with van der Waals surface area (Å²) in [6.07, 6.45) is 0.0614. The van der Waals surface area contributed by atoms with E-state index in [1.165, 1.54) is 10.6 Å². The number of hydrogen-bond acceptors (Lipinski definition) is 5. The van der Waals surface area contributed by atoms with Crippen molar-refractivity contribution in [3.63, 3.8) is 0 Å². The van der Waals surface area contributed by atoms with Crippen LogP contribution >= 0.6 is 27.5 Å². The molecule has 0 fully saturated rings. The van der Waals surface area contributed by atoms with Crippen molar-refractivity contribution >= 4 is 44.4 Å². The number of aromatic nitrogens is 2.